The predicted molar refractivity (Wildman–Crippen MR) is 67.2 cm³/mol. The minimum absolute atomic E-state index is 0.124. The summed E-state index contributed by atoms with van der Waals surface area (Å²) in [7, 11) is 1.65. The average Bonchev–Trinajstić information content (AvgIpc) is 2.59. The summed E-state index contributed by atoms with van der Waals surface area (Å²) in [5.74, 6) is 1.45. The molecule has 1 aliphatic rings. The van der Waals surface area contributed by atoms with Gasteiger partial charge in [0.25, 0.3) is 0 Å². The molecule has 0 radical (unpaired) electrons. The molecule has 0 spiro atoms. The van der Waals surface area contributed by atoms with E-state index in [9.17, 15) is 0 Å². The van der Waals surface area contributed by atoms with Crippen LogP contribution in [0.3, 0.4) is 0 Å². The van der Waals surface area contributed by atoms with Crippen LogP contribution in [0.25, 0.3) is 0 Å². The average molecular weight is 284 g/mol. The number of rotatable bonds is 2. The third kappa shape index (κ3) is 2.07. The van der Waals surface area contributed by atoms with Gasteiger partial charge in [0.15, 0.2) is 0 Å². The van der Waals surface area contributed by atoms with Gasteiger partial charge in [-0.3, -0.25) is 0 Å². The summed E-state index contributed by atoms with van der Waals surface area (Å²) in [6, 6.07) is 5.99. The van der Waals surface area contributed by atoms with E-state index in [1.807, 2.05) is 32.0 Å². The predicted octanol–water partition coefficient (Wildman–Crippen LogP) is 3.01. The van der Waals surface area contributed by atoms with Crippen LogP contribution in [0.1, 0.15) is 19.4 Å². The summed E-state index contributed by atoms with van der Waals surface area (Å²) in [5, 5.41) is 0. The highest BCUT2D eigenvalue weighted by atomic mass is 79.9. The van der Waals surface area contributed by atoms with Crippen LogP contribution in [-0.4, -0.2) is 25.2 Å². The Morgan fingerprint density at radius 2 is 2.12 bits per heavy atom. The highest BCUT2D eigenvalue weighted by molar-refractivity contribution is 9.10. The first kappa shape index (κ1) is 11.5. The van der Waals surface area contributed by atoms with Gasteiger partial charge in [0.2, 0.25) is 5.90 Å². The highest BCUT2D eigenvalue weighted by Gasteiger charge is 2.26. The molecule has 1 aliphatic heterocycles. The maximum absolute atomic E-state index is 5.71. The monoisotopic (exact) mass is 283 g/mol. The fourth-order valence-electron chi connectivity index (χ4n) is 1.58. The van der Waals surface area contributed by atoms with Gasteiger partial charge in [0.05, 0.1) is 18.7 Å². The fourth-order valence-corrected chi connectivity index (χ4v) is 1.94. The Bertz CT molecular complexity index is 431. The van der Waals surface area contributed by atoms with Crippen LogP contribution in [0.5, 0.6) is 5.75 Å². The lowest BCUT2D eigenvalue weighted by molar-refractivity contribution is 0.218. The molecule has 0 aliphatic carbocycles. The number of benzene rings is 1. The minimum Gasteiger partial charge on any atom is -0.496 e. The van der Waals surface area contributed by atoms with Crippen molar-refractivity contribution in [3.8, 4) is 5.75 Å². The molecule has 0 amide bonds. The van der Waals surface area contributed by atoms with E-state index in [0.29, 0.717) is 5.90 Å². The number of hydrogen-bond donors (Lipinski definition) is 0. The number of nitrogens with zero attached hydrogens (tertiary/aromatic N) is 1. The Balaban J connectivity index is 2.40. The van der Waals surface area contributed by atoms with Gasteiger partial charge in [-0.15, -0.1) is 0 Å². The van der Waals surface area contributed by atoms with Gasteiger partial charge >= 0.3 is 0 Å². The molecule has 0 N–H and O–H groups in total. The van der Waals surface area contributed by atoms with E-state index < -0.39 is 0 Å². The number of hydrogen-bond acceptors (Lipinski definition) is 3. The molecule has 3 nitrogen and oxygen atoms in total. The van der Waals surface area contributed by atoms with Crippen LogP contribution in [-0.2, 0) is 4.74 Å². The largest absolute Gasteiger partial charge is 0.496 e. The number of methoxy groups -OCH3 is 1. The van der Waals surface area contributed by atoms with E-state index in [4.69, 9.17) is 9.47 Å². The van der Waals surface area contributed by atoms with Gasteiger partial charge < -0.3 is 9.47 Å². The second-order valence-corrected chi connectivity index (χ2v) is 4.76. The molecule has 1 aromatic carbocycles. The first-order valence-corrected chi connectivity index (χ1v) is 5.99. The number of aliphatic imine (C=N–C) groups is 1. The Hall–Kier alpha value is -1.03. The van der Waals surface area contributed by atoms with Crippen molar-refractivity contribution in [3.05, 3.63) is 28.2 Å². The molecule has 2 unspecified atom stereocenters. The van der Waals surface area contributed by atoms with Crippen molar-refractivity contribution >= 4 is 21.8 Å². The zero-order valence-electron chi connectivity index (χ0n) is 9.53. The highest BCUT2D eigenvalue weighted by Crippen LogP contribution is 2.27. The Labute approximate surface area is 104 Å². The molecule has 2 rings (SSSR count). The van der Waals surface area contributed by atoms with E-state index in [1.165, 1.54) is 0 Å². The summed E-state index contributed by atoms with van der Waals surface area (Å²) in [6.45, 7) is 4.06. The van der Waals surface area contributed by atoms with Crippen molar-refractivity contribution < 1.29 is 9.47 Å². The molecular formula is C12H14BrNO2. The molecule has 0 saturated carbocycles. The third-order valence-corrected chi connectivity index (χ3v) is 3.18. The standard InChI is InChI=1S/C12H14BrNO2/c1-7-8(2)16-12(14-7)10-6-9(13)4-5-11(10)15-3/h4-8H,1-3H3. The molecule has 4 heteroatoms. The van der Waals surface area contributed by atoms with Crippen LogP contribution in [0, 0.1) is 0 Å². The summed E-state index contributed by atoms with van der Waals surface area (Å²) in [6.07, 6.45) is 0.124. The summed E-state index contributed by atoms with van der Waals surface area (Å²) in [5.41, 5.74) is 0.896. The van der Waals surface area contributed by atoms with E-state index in [-0.39, 0.29) is 12.1 Å². The first-order chi connectivity index (χ1) is 7.61. The normalized spacial score (nSPS) is 23.9. The topological polar surface area (TPSA) is 30.8 Å². The minimum atomic E-state index is 0.124. The van der Waals surface area contributed by atoms with Crippen LogP contribution >= 0.6 is 15.9 Å². The molecule has 0 bridgehead atoms. The smallest absolute Gasteiger partial charge is 0.220 e. The maximum atomic E-state index is 5.71. The summed E-state index contributed by atoms with van der Waals surface area (Å²) < 4.78 is 12.0. The fraction of sp³-hybridized carbons (Fsp3) is 0.417. The van der Waals surface area contributed by atoms with E-state index in [0.717, 1.165) is 15.8 Å². The third-order valence-electron chi connectivity index (χ3n) is 2.69. The lowest BCUT2D eigenvalue weighted by Crippen LogP contribution is -2.15. The molecule has 0 saturated heterocycles. The van der Waals surface area contributed by atoms with Gasteiger partial charge in [-0.05, 0) is 32.0 Å². The Morgan fingerprint density at radius 3 is 2.69 bits per heavy atom. The second-order valence-electron chi connectivity index (χ2n) is 3.84. The van der Waals surface area contributed by atoms with Crippen molar-refractivity contribution in [3.63, 3.8) is 0 Å². The van der Waals surface area contributed by atoms with Crippen molar-refractivity contribution in [2.75, 3.05) is 7.11 Å². The maximum Gasteiger partial charge on any atom is 0.220 e. The van der Waals surface area contributed by atoms with Crippen LogP contribution in [0.15, 0.2) is 27.7 Å². The number of ether oxygens (including phenoxy) is 2. The molecule has 0 fully saturated rings. The zero-order chi connectivity index (χ0) is 11.7. The molecule has 0 aromatic heterocycles. The van der Waals surface area contributed by atoms with Crippen molar-refractivity contribution in [1.29, 1.82) is 0 Å². The summed E-state index contributed by atoms with van der Waals surface area (Å²) >= 11 is 3.44. The number of halogens is 1. The van der Waals surface area contributed by atoms with Gasteiger partial charge in [-0.2, -0.15) is 0 Å². The summed E-state index contributed by atoms with van der Waals surface area (Å²) in [4.78, 5) is 4.48. The Morgan fingerprint density at radius 1 is 1.38 bits per heavy atom. The van der Waals surface area contributed by atoms with Crippen LogP contribution < -0.4 is 4.74 Å². The van der Waals surface area contributed by atoms with Gasteiger partial charge in [0.1, 0.15) is 11.9 Å². The lowest BCUT2D eigenvalue weighted by Gasteiger charge is -2.10. The van der Waals surface area contributed by atoms with Gasteiger partial charge in [-0.25, -0.2) is 4.99 Å². The first-order valence-electron chi connectivity index (χ1n) is 5.20. The molecule has 86 valence electrons. The van der Waals surface area contributed by atoms with Crippen molar-refractivity contribution in [2.24, 2.45) is 4.99 Å². The molecule has 1 heterocycles. The van der Waals surface area contributed by atoms with E-state index >= 15 is 0 Å². The van der Waals surface area contributed by atoms with Crippen molar-refractivity contribution in [1.82, 2.24) is 0 Å². The second kappa shape index (κ2) is 4.45. The van der Waals surface area contributed by atoms with Gasteiger partial charge in [0, 0.05) is 4.47 Å². The van der Waals surface area contributed by atoms with Gasteiger partial charge in [-0.1, -0.05) is 15.9 Å². The van der Waals surface area contributed by atoms with Crippen LogP contribution in [0.2, 0.25) is 0 Å². The Kier molecular flexibility index (Phi) is 3.19. The van der Waals surface area contributed by atoms with Crippen molar-refractivity contribution in [2.45, 2.75) is 26.0 Å². The molecular weight excluding hydrogens is 270 g/mol. The quantitative estimate of drug-likeness (QED) is 0.835. The van der Waals surface area contributed by atoms with E-state index in [2.05, 4.69) is 20.9 Å². The lowest BCUT2D eigenvalue weighted by atomic mass is 10.2. The van der Waals surface area contributed by atoms with Crippen LogP contribution in [0.4, 0.5) is 0 Å². The van der Waals surface area contributed by atoms with E-state index in [1.54, 1.807) is 7.11 Å². The zero-order valence-corrected chi connectivity index (χ0v) is 11.1. The molecule has 2 atom stereocenters. The molecule has 1 aromatic rings. The SMILES string of the molecule is COc1ccc(Br)cc1C1=NC(C)C(C)O1. The molecule has 16 heavy (non-hydrogen) atoms.